The van der Waals surface area contributed by atoms with Crippen molar-refractivity contribution in [2.45, 2.75) is 233 Å². The topological polar surface area (TPSA) is 73.7 Å². The van der Waals surface area contributed by atoms with Crippen LogP contribution in [0.4, 0.5) is 0 Å². The largest absolute Gasteiger partial charge is 0.395 e. The van der Waals surface area contributed by atoms with E-state index < -0.39 is 0 Å². The summed E-state index contributed by atoms with van der Waals surface area (Å²) < 4.78 is 0. The summed E-state index contributed by atoms with van der Waals surface area (Å²) in [5, 5.41) is 28.6. The molecule has 0 aromatic heterocycles. The standard InChI is InChI=1S/C55H112N4O3/c1-4-7-9-11-13-15-17-19-21-23-25-27-29-31-33-35-42-57(47-39-46-56(41-6-3)50-53-60)44-37-38-45-58(48-40-49-59(51-54-61)52-55-62)43-36-34-32-30-28-26-24-22-20-18-16-14-12-10-8-5-2/h19-22,60-62H,4-18,23-55H2,1-3H3/b21-19?,22-20-. The van der Waals surface area contributed by atoms with Crippen molar-refractivity contribution < 1.29 is 15.3 Å². The smallest absolute Gasteiger partial charge is 0.0558 e. The summed E-state index contributed by atoms with van der Waals surface area (Å²) in [7, 11) is 0. The van der Waals surface area contributed by atoms with Gasteiger partial charge in [-0.3, -0.25) is 4.90 Å². The summed E-state index contributed by atoms with van der Waals surface area (Å²) in [6.45, 7) is 19.7. The molecule has 0 heterocycles. The zero-order valence-electron chi connectivity index (χ0n) is 42.4. The van der Waals surface area contributed by atoms with Crippen molar-refractivity contribution in [3.05, 3.63) is 24.3 Å². The van der Waals surface area contributed by atoms with Crippen molar-refractivity contribution in [2.24, 2.45) is 0 Å². The molecule has 0 unspecified atom stereocenters. The summed E-state index contributed by atoms with van der Waals surface area (Å²) in [5.41, 5.74) is 0. The Morgan fingerprint density at radius 3 is 0.742 bits per heavy atom. The van der Waals surface area contributed by atoms with Crippen LogP contribution in [-0.4, -0.2) is 133 Å². The van der Waals surface area contributed by atoms with Gasteiger partial charge in [0.15, 0.2) is 0 Å². The maximum atomic E-state index is 9.58. The van der Waals surface area contributed by atoms with Crippen LogP contribution in [0.5, 0.6) is 0 Å². The highest BCUT2D eigenvalue weighted by atomic mass is 16.3. The molecule has 0 aliphatic carbocycles. The van der Waals surface area contributed by atoms with E-state index in [0.717, 1.165) is 45.6 Å². The fourth-order valence-corrected chi connectivity index (χ4v) is 8.95. The quantitative estimate of drug-likeness (QED) is 0.0415. The van der Waals surface area contributed by atoms with Gasteiger partial charge in [0.1, 0.15) is 0 Å². The first-order valence-electron chi connectivity index (χ1n) is 27.7. The highest BCUT2D eigenvalue weighted by Gasteiger charge is 2.11. The van der Waals surface area contributed by atoms with Gasteiger partial charge in [0.25, 0.3) is 0 Å². The van der Waals surface area contributed by atoms with Gasteiger partial charge in [-0.1, -0.05) is 161 Å². The molecule has 0 saturated carbocycles. The minimum atomic E-state index is 0.158. The van der Waals surface area contributed by atoms with E-state index >= 15 is 0 Å². The van der Waals surface area contributed by atoms with Crippen molar-refractivity contribution in [3.8, 4) is 0 Å². The zero-order chi connectivity index (χ0) is 45.1. The van der Waals surface area contributed by atoms with Crippen LogP contribution in [-0.2, 0) is 0 Å². The third kappa shape index (κ3) is 45.8. The molecule has 0 saturated heterocycles. The zero-order valence-corrected chi connectivity index (χ0v) is 42.4. The van der Waals surface area contributed by atoms with Gasteiger partial charge in [-0.2, -0.15) is 0 Å². The molecule has 0 fully saturated rings. The Bertz CT molecular complexity index is 807. The van der Waals surface area contributed by atoms with Crippen LogP contribution in [0.1, 0.15) is 233 Å². The highest BCUT2D eigenvalue weighted by molar-refractivity contribution is 4.82. The fraction of sp³-hybridized carbons (Fsp3) is 0.927. The van der Waals surface area contributed by atoms with Gasteiger partial charge in [-0.05, 0) is 155 Å². The van der Waals surface area contributed by atoms with E-state index in [1.807, 2.05) is 0 Å². The minimum absolute atomic E-state index is 0.158. The number of hydrogen-bond acceptors (Lipinski definition) is 7. The molecule has 7 heteroatoms. The van der Waals surface area contributed by atoms with Crippen LogP contribution in [0.3, 0.4) is 0 Å². The third-order valence-corrected chi connectivity index (χ3v) is 12.9. The molecule has 0 atom stereocenters. The van der Waals surface area contributed by atoms with Crippen LogP contribution in [0.2, 0.25) is 0 Å². The van der Waals surface area contributed by atoms with Crippen molar-refractivity contribution in [2.75, 3.05) is 98.4 Å². The van der Waals surface area contributed by atoms with Crippen molar-refractivity contribution in [1.82, 2.24) is 19.6 Å². The van der Waals surface area contributed by atoms with E-state index in [1.165, 1.54) is 232 Å². The number of allylic oxidation sites excluding steroid dienone is 4. The van der Waals surface area contributed by atoms with E-state index in [-0.39, 0.29) is 19.8 Å². The van der Waals surface area contributed by atoms with Gasteiger partial charge in [0.05, 0.1) is 19.8 Å². The molecule has 0 rings (SSSR count). The van der Waals surface area contributed by atoms with Crippen LogP contribution < -0.4 is 0 Å². The lowest BCUT2D eigenvalue weighted by molar-refractivity contribution is 0.152. The van der Waals surface area contributed by atoms with Gasteiger partial charge in [0, 0.05) is 19.6 Å². The lowest BCUT2D eigenvalue weighted by Crippen LogP contribution is -2.35. The molecule has 0 radical (unpaired) electrons. The Hall–Kier alpha value is -0.800. The molecule has 0 aliphatic heterocycles. The van der Waals surface area contributed by atoms with E-state index in [0.29, 0.717) is 13.1 Å². The Morgan fingerprint density at radius 2 is 0.452 bits per heavy atom. The van der Waals surface area contributed by atoms with Gasteiger partial charge in [0.2, 0.25) is 0 Å². The van der Waals surface area contributed by atoms with E-state index in [1.54, 1.807) is 0 Å². The van der Waals surface area contributed by atoms with E-state index in [2.05, 4.69) is 64.7 Å². The molecule has 0 amide bonds. The van der Waals surface area contributed by atoms with Crippen LogP contribution in [0, 0.1) is 0 Å². The number of aliphatic hydroxyl groups excluding tert-OH is 3. The number of rotatable bonds is 53. The van der Waals surface area contributed by atoms with E-state index in [4.69, 9.17) is 0 Å². The summed E-state index contributed by atoms with van der Waals surface area (Å²) in [6.07, 6.45) is 53.6. The number of unbranched alkanes of at least 4 members (excludes halogenated alkanes) is 25. The first-order chi connectivity index (χ1) is 30.6. The summed E-state index contributed by atoms with van der Waals surface area (Å²) >= 11 is 0. The van der Waals surface area contributed by atoms with Gasteiger partial charge < -0.3 is 30.0 Å². The SMILES string of the molecule is CCCCCCCCC=CCCCCCCCCN(CCCCN(CCCCCCCC/C=C\CCCCCCCC)CCCN(CCO)CCO)CCCN(CCC)CCO. The molecule has 62 heavy (non-hydrogen) atoms. The second-order valence-corrected chi connectivity index (χ2v) is 18.8. The maximum Gasteiger partial charge on any atom is 0.0558 e. The molecule has 370 valence electrons. The normalized spacial score (nSPS) is 12.4. The Kier molecular flexibility index (Phi) is 52.1. The fourth-order valence-electron chi connectivity index (χ4n) is 8.95. The van der Waals surface area contributed by atoms with Crippen molar-refractivity contribution >= 4 is 0 Å². The molecule has 3 N–H and O–H groups in total. The Balaban J connectivity index is 4.71. The van der Waals surface area contributed by atoms with Crippen molar-refractivity contribution in [3.63, 3.8) is 0 Å². The van der Waals surface area contributed by atoms with Crippen LogP contribution in [0.15, 0.2) is 24.3 Å². The highest BCUT2D eigenvalue weighted by Crippen LogP contribution is 2.14. The second kappa shape index (κ2) is 52.8. The molecular formula is C55H112N4O3. The number of aliphatic hydroxyl groups is 3. The summed E-state index contributed by atoms with van der Waals surface area (Å²) in [5.74, 6) is 0. The summed E-state index contributed by atoms with van der Waals surface area (Å²) in [4.78, 5) is 10.1. The van der Waals surface area contributed by atoms with Gasteiger partial charge in [-0.15, -0.1) is 0 Å². The van der Waals surface area contributed by atoms with Crippen LogP contribution >= 0.6 is 0 Å². The van der Waals surface area contributed by atoms with E-state index in [9.17, 15) is 15.3 Å². The predicted molar refractivity (Wildman–Crippen MR) is 275 cm³/mol. The Morgan fingerprint density at radius 1 is 0.226 bits per heavy atom. The molecular weight excluding hydrogens is 765 g/mol. The molecule has 0 spiro atoms. The second-order valence-electron chi connectivity index (χ2n) is 18.8. The van der Waals surface area contributed by atoms with Crippen molar-refractivity contribution in [1.29, 1.82) is 0 Å². The average Bonchev–Trinajstić information content (AvgIpc) is 3.27. The minimum Gasteiger partial charge on any atom is -0.395 e. The van der Waals surface area contributed by atoms with Gasteiger partial charge >= 0.3 is 0 Å². The number of nitrogens with zero attached hydrogens (tertiary/aromatic N) is 4. The molecule has 7 nitrogen and oxygen atoms in total. The maximum absolute atomic E-state index is 9.58. The average molecular weight is 878 g/mol. The molecule has 0 aliphatic rings. The van der Waals surface area contributed by atoms with Crippen LogP contribution in [0.25, 0.3) is 0 Å². The first-order valence-corrected chi connectivity index (χ1v) is 27.7. The monoisotopic (exact) mass is 877 g/mol. The molecule has 0 aromatic carbocycles. The Labute approximate surface area is 388 Å². The van der Waals surface area contributed by atoms with Gasteiger partial charge in [-0.25, -0.2) is 0 Å². The summed E-state index contributed by atoms with van der Waals surface area (Å²) in [6, 6.07) is 0. The first kappa shape index (κ1) is 61.2. The third-order valence-electron chi connectivity index (χ3n) is 12.9. The molecule has 0 aromatic rings. The molecule has 0 bridgehead atoms. The predicted octanol–water partition coefficient (Wildman–Crippen LogP) is 13.2. The number of hydrogen-bond donors (Lipinski definition) is 3. The lowest BCUT2D eigenvalue weighted by Gasteiger charge is -2.27. The lowest BCUT2D eigenvalue weighted by atomic mass is 10.1.